The van der Waals surface area contributed by atoms with Crippen LogP contribution in [0.4, 0.5) is 0 Å². The maximum absolute atomic E-state index is 11.6. The normalized spacial score (nSPS) is 34.7. The average Bonchev–Trinajstić information content (AvgIpc) is 2.40. The number of hydrogen-bond donors (Lipinski definition) is 7. The number of likely N-dealkylation sites (N-methyl/N-ethyl adjacent to an activating group) is 1. The highest BCUT2D eigenvalue weighted by molar-refractivity contribution is 5.79. The molecule has 0 bridgehead atoms. The van der Waals surface area contributed by atoms with Crippen LogP contribution < -0.4 is 10.6 Å². The third-order valence-corrected chi connectivity index (χ3v) is 3.42. The predicted molar refractivity (Wildman–Crippen MR) is 71.6 cm³/mol. The summed E-state index contributed by atoms with van der Waals surface area (Å²) in [7, 11) is 1.53. The Morgan fingerprint density at radius 1 is 1.41 bits per heavy atom. The highest BCUT2D eigenvalue weighted by atomic mass is 16.7. The van der Waals surface area contributed by atoms with Gasteiger partial charge in [-0.05, 0) is 14.0 Å². The molecule has 1 aliphatic rings. The zero-order valence-corrected chi connectivity index (χ0v) is 12.3. The maximum atomic E-state index is 11.6. The molecule has 10 nitrogen and oxygen atoms in total. The van der Waals surface area contributed by atoms with Gasteiger partial charge in [0, 0.05) is 6.42 Å². The van der Waals surface area contributed by atoms with E-state index in [4.69, 9.17) is 9.84 Å². The quantitative estimate of drug-likeness (QED) is 0.261. The molecule has 0 radical (unpaired) electrons. The van der Waals surface area contributed by atoms with Crippen molar-refractivity contribution in [2.24, 2.45) is 0 Å². The molecule has 10 heteroatoms. The Balaban J connectivity index is 3.02. The van der Waals surface area contributed by atoms with Crippen molar-refractivity contribution >= 4 is 11.9 Å². The molecular weight excluding hydrogens is 300 g/mol. The van der Waals surface area contributed by atoms with Crippen LogP contribution in [0.1, 0.15) is 13.3 Å². The number of carbonyl (C=O) groups excluding carboxylic acids is 1. The summed E-state index contributed by atoms with van der Waals surface area (Å²) in [5.41, 5.74) is 0. The van der Waals surface area contributed by atoms with Gasteiger partial charge in [0.05, 0.1) is 24.8 Å². The van der Waals surface area contributed by atoms with Crippen molar-refractivity contribution in [3.8, 4) is 0 Å². The molecule has 1 saturated heterocycles. The number of hydrogen-bond acceptors (Lipinski definition) is 8. The minimum absolute atomic E-state index is 0.0795. The first-order valence-electron chi connectivity index (χ1n) is 6.74. The fourth-order valence-corrected chi connectivity index (χ4v) is 2.25. The summed E-state index contributed by atoms with van der Waals surface area (Å²) in [5, 5.41) is 53.3. The monoisotopic (exact) mass is 322 g/mol. The minimum Gasteiger partial charge on any atom is -0.477 e. The van der Waals surface area contributed by atoms with E-state index in [2.05, 4.69) is 10.6 Å². The Labute approximate surface area is 126 Å². The zero-order chi connectivity index (χ0) is 17.1. The molecule has 0 saturated carbocycles. The van der Waals surface area contributed by atoms with Crippen molar-refractivity contribution < 1.29 is 39.9 Å². The smallest absolute Gasteiger partial charge is 0.364 e. The Morgan fingerprint density at radius 2 is 2.00 bits per heavy atom. The first-order valence-corrected chi connectivity index (χ1v) is 6.74. The van der Waals surface area contributed by atoms with Gasteiger partial charge in [-0.25, -0.2) is 4.79 Å². The van der Waals surface area contributed by atoms with Crippen LogP contribution >= 0.6 is 0 Å². The van der Waals surface area contributed by atoms with E-state index in [-0.39, 0.29) is 6.54 Å². The number of carbonyl (C=O) groups is 2. The van der Waals surface area contributed by atoms with Crippen LogP contribution in [0.5, 0.6) is 0 Å². The Bertz CT molecular complexity index is 418. The number of carboxylic acids is 1. The number of aliphatic hydroxyl groups is 4. The molecule has 0 aromatic rings. The van der Waals surface area contributed by atoms with Gasteiger partial charge < -0.3 is 40.9 Å². The second kappa shape index (κ2) is 7.31. The molecule has 0 aromatic carbocycles. The summed E-state index contributed by atoms with van der Waals surface area (Å²) in [6.45, 7) is 1.14. The van der Waals surface area contributed by atoms with E-state index in [9.17, 15) is 30.0 Å². The van der Waals surface area contributed by atoms with Crippen molar-refractivity contribution in [3.63, 3.8) is 0 Å². The standard InChI is InChI=1S/C12H22N2O8/c1-5(15)9(18)10-8(14-7(17)4-13-2)6(16)3-12(21,22-10)11(19)20/h5-6,8-10,13,15-16,18,21H,3-4H2,1-2H3,(H,14,17)(H,19,20). The molecule has 1 aliphatic heterocycles. The lowest BCUT2D eigenvalue weighted by molar-refractivity contribution is -0.293. The van der Waals surface area contributed by atoms with Gasteiger partial charge in [-0.3, -0.25) is 4.79 Å². The van der Waals surface area contributed by atoms with Crippen LogP contribution in [-0.4, -0.2) is 87.2 Å². The predicted octanol–water partition coefficient (Wildman–Crippen LogP) is -3.64. The third-order valence-electron chi connectivity index (χ3n) is 3.42. The summed E-state index contributed by atoms with van der Waals surface area (Å²) >= 11 is 0. The second-order valence-electron chi connectivity index (χ2n) is 5.30. The van der Waals surface area contributed by atoms with Crippen molar-refractivity contribution in [2.75, 3.05) is 13.6 Å². The molecule has 1 amide bonds. The first-order chi connectivity index (χ1) is 10.1. The molecule has 22 heavy (non-hydrogen) atoms. The van der Waals surface area contributed by atoms with Crippen LogP contribution in [0.15, 0.2) is 0 Å². The molecule has 128 valence electrons. The lowest BCUT2D eigenvalue weighted by atomic mass is 9.89. The highest BCUT2D eigenvalue weighted by Gasteiger charge is 2.53. The van der Waals surface area contributed by atoms with Gasteiger partial charge in [0.25, 0.3) is 5.79 Å². The van der Waals surface area contributed by atoms with Gasteiger partial charge >= 0.3 is 5.97 Å². The van der Waals surface area contributed by atoms with E-state index in [1.807, 2.05) is 0 Å². The minimum atomic E-state index is -2.72. The van der Waals surface area contributed by atoms with Gasteiger partial charge in [-0.2, -0.15) is 0 Å². The number of rotatable bonds is 6. The average molecular weight is 322 g/mol. The van der Waals surface area contributed by atoms with Gasteiger partial charge in [-0.1, -0.05) is 0 Å². The van der Waals surface area contributed by atoms with Crippen LogP contribution in [-0.2, 0) is 14.3 Å². The molecule has 1 fully saturated rings. The number of aliphatic carboxylic acids is 1. The van der Waals surface area contributed by atoms with E-state index in [1.54, 1.807) is 0 Å². The topological polar surface area (TPSA) is 169 Å². The van der Waals surface area contributed by atoms with Crippen LogP contribution in [0, 0.1) is 0 Å². The van der Waals surface area contributed by atoms with E-state index >= 15 is 0 Å². The molecule has 1 rings (SSSR count). The maximum Gasteiger partial charge on any atom is 0.364 e. The van der Waals surface area contributed by atoms with E-state index in [1.165, 1.54) is 14.0 Å². The zero-order valence-electron chi connectivity index (χ0n) is 12.3. The number of amides is 1. The molecule has 6 atom stereocenters. The Kier molecular flexibility index (Phi) is 6.23. The van der Waals surface area contributed by atoms with Crippen LogP contribution in [0.3, 0.4) is 0 Å². The van der Waals surface area contributed by atoms with Crippen LogP contribution in [0.2, 0.25) is 0 Å². The summed E-state index contributed by atoms with van der Waals surface area (Å²) < 4.78 is 4.97. The number of carboxylic acid groups (broad SMARTS) is 1. The van der Waals surface area contributed by atoms with E-state index < -0.39 is 54.5 Å². The van der Waals surface area contributed by atoms with Crippen molar-refractivity contribution in [2.45, 2.75) is 49.6 Å². The summed E-state index contributed by atoms with van der Waals surface area (Å²) in [6, 6.07) is -1.19. The number of aliphatic hydroxyl groups excluding tert-OH is 3. The molecule has 7 N–H and O–H groups in total. The lowest BCUT2D eigenvalue weighted by Crippen LogP contribution is -2.67. The molecular formula is C12H22N2O8. The largest absolute Gasteiger partial charge is 0.477 e. The molecule has 1 heterocycles. The Hall–Kier alpha value is -1.30. The van der Waals surface area contributed by atoms with Crippen molar-refractivity contribution in [3.05, 3.63) is 0 Å². The van der Waals surface area contributed by atoms with Gasteiger partial charge in [-0.15, -0.1) is 0 Å². The van der Waals surface area contributed by atoms with Gasteiger partial charge in [0.2, 0.25) is 5.91 Å². The fourth-order valence-electron chi connectivity index (χ4n) is 2.25. The summed E-state index contributed by atoms with van der Waals surface area (Å²) in [6.07, 6.45) is -6.66. The first kappa shape index (κ1) is 18.7. The van der Waals surface area contributed by atoms with Crippen LogP contribution in [0.25, 0.3) is 0 Å². The summed E-state index contributed by atoms with van der Waals surface area (Å²) in [5.74, 6) is -4.99. The van der Waals surface area contributed by atoms with Gasteiger partial charge in [0.1, 0.15) is 12.2 Å². The van der Waals surface area contributed by atoms with E-state index in [0.717, 1.165) is 0 Å². The highest BCUT2D eigenvalue weighted by Crippen LogP contribution is 2.30. The molecule has 0 aliphatic carbocycles. The molecule has 6 unspecified atom stereocenters. The van der Waals surface area contributed by atoms with E-state index in [0.29, 0.717) is 0 Å². The second-order valence-corrected chi connectivity index (χ2v) is 5.30. The van der Waals surface area contributed by atoms with Crippen molar-refractivity contribution in [1.29, 1.82) is 0 Å². The van der Waals surface area contributed by atoms with Crippen molar-refractivity contribution in [1.82, 2.24) is 10.6 Å². The molecule has 0 spiro atoms. The SMILES string of the molecule is CNCC(=O)NC1C(O)CC(O)(C(=O)O)OC1C(O)C(C)O. The Morgan fingerprint density at radius 3 is 2.45 bits per heavy atom. The van der Waals surface area contributed by atoms with Gasteiger partial charge in [0.15, 0.2) is 0 Å². The molecule has 0 aromatic heterocycles. The third kappa shape index (κ3) is 4.12. The number of nitrogens with one attached hydrogen (secondary N) is 2. The lowest BCUT2D eigenvalue weighted by Gasteiger charge is -2.44. The number of ether oxygens (including phenoxy) is 1. The summed E-state index contributed by atoms with van der Waals surface area (Å²) in [4.78, 5) is 22.7. The fraction of sp³-hybridized carbons (Fsp3) is 0.833.